The number of carboxylic acids is 1. The molecule has 0 unspecified atom stereocenters. The van der Waals surface area contributed by atoms with Crippen LogP contribution < -0.4 is 0 Å². The molecular weight excluding hydrogens is 333 g/mol. The van der Waals surface area contributed by atoms with Gasteiger partial charge in [-0.1, -0.05) is 24.3 Å². The van der Waals surface area contributed by atoms with Crippen molar-refractivity contribution < 1.29 is 14.3 Å². The number of aromatic carboxylic acids is 1. The van der Waals surface area contributed by atoms with Gasteiger partial charge in [-0.3, -0.25) is 0 Å². The van der Waals surface area contributed by atoms with Crippen molar-refractivity contribution in [3.05, 3.63) is 83.9 Å². The second-order valence-corrected chi connectivity index (χ2v) is 5.92. The molecular formula is C20H14FN3O2. The van der Waals surface area contributed by atoms with E-state index >= 15 is 0 Å². The van der Waals surface area contributed by atoms with Crippen LogP contribution in [-0.2, 0) is 6.54 Å². The van der Waals surface area contributed by atoms with Gasteiger partial charge >= 0.3 is 5.97 Å². The van der Waals surface area contributed by atoms with E-state index in [1.807, 2.05) is 23.0 Å². The maximum Gasteiger partial charge on any atom is 0.335 e. The first kappa shape index (κ1) is 16.0. The lowest BCUT2D eigenvalue weighted by atomic mass is 10.1. The molecule has 0 saturated heterocycles. The number of hydrogen-bond donors (Lipinski definition) is 1. The molecule has 2 aliphatic rings. The van der Waals surface area contributed by atoms with Gasteiger partial charge in [0.1, 0.15) is 11.5 Å². The molecule has 0 radical (unpaired) electrons. The highest BCUT2D eigenvalue weighted by Crippen LogP contribution is 2.26. The van der Waals surface area contributed by atoms with E-state index in [1.54, 1.807) is 42.5 Å². The van der Waals surface area contributed by atoms with Gasteiger partial charge in [0.05, 0.1) is 16.8 Å². The summed E-state index contributed by atoms with van der Waals surface area (Å²) in [6, 6.07) is 15.0. The molecule has 0 atom stereocenters. The van der Waals surface area contributed by atoms with Gasteiger partial charge in [-0.25, -0.2) is 19.2 Å². The van der Waals surface area contributed by atoms with E-state index in [1.165, 1.54) is 6.07 Å². The molecule has 0 spiro atoms. The highest BCUT2D eigenvalue weighted by Gasteiger charge is 2.15. The van der Waals surface area contributed by atoms with Gasteiger partial charge in [0.25, 0.3) is 0 Å². The molecule has 4 rings (SSSR count). The number of fused-ring (bicyclic) bond motifs is 1. The molecule has 2 heterocycles. The number of carboxylic acid groups (broad SMARTS) is 1. The SMILES string of the molecule is O=C(O)c1ccc(Cn2ccc3nc(-c4ccccc4F)nc-3c2)cc1. The average molecular weight is 347 g/mol. The van der Waals surface area contributed by atoms with Crippen LogP contribution in [0.5, 0.6) is 0 Å². The molecule has 0 amide bonds. The minimum Gasteiger partial charge on any atom is -0.478 e. The fraction of sp³-hybridized carbons (Fsp3) is 0.0500. The van der Waals surface area contributed by atoms with Gasteiger partial charge in [0.2, 0.25) is 0 Å². The van der Waals surface area contributed by atoms with Crippen LogP contribution in [0.3, 0.4) is 0 Å². The Balaban J connectivity index is 1.63. The summed E-state index contributed by atoms with van der Waals surface area (Å²) in [4.78, 5) is 19.7. The predicted octanol–water partition coefficient (Wildman–Crippen LogP) is 3.94. The van der Waals surface area contributed by atoms with Crippen molar-refractivity contribution in [1.82, 2.24) is 14.5 Å². The molecule has 26 heavy (non-hydrogen) atoms. The van der Waals surface area contributed by atoms with E-state index in [-0.39, 0.29) is 11.4 Å². The molecule has 1 N–H and O–H groups in total. The van der Waals surface area contributed by atoms with Crippen molar-refractivity contribution in [2.24, 2.45) is 0 Å². The number of carbonyl (C=O) groups is 1. The number of pyridine rings is 1. The number of rotatable bonds is 4. The number of aromatic nitrogens is 3. The van der Waals surface area contributed by atoms with Crippen LogP contribution in [0.2, 0.25) is 0 Å². The fourth-order valence-electron chi connectivity index (χ4n) is 2.78. The third-order valence-corrected chi connectivity index (χ3v) is 4.11. The van der Waals surface area contributed by atoms with E-state index in [9.17, 15) is 9.18 Å². The molecule has 5 nitrogen and oxygen atoms in total. The lowest BCUT2D eigenvalue weighted by Gasteiger charge is -2.08. The number of nitrogens with zero attached hydrogens (tertiary/aromatic N) is 3. The quantitative estimate of drug-likeness (QED) is 0.607. The van der Waals surface area contributed by atoms with Crippen molar-refractivity contribution in [1.29, 1.82) is 0 Å². The van der Waals surface area contributed by atoms with E-state index in [0.717, 1.165) is 5.56 Å². The van der Waals surface area contributed by atoms with Crippen molar-refractivity contribution in [3.8, 4) is 22.8 Å². The smallest absolute Gasteiger partial charge is 0.335 e. The average Bonchev–Trinajstić information content (AvgIpc) is 3.05. The Kier molecular flexibility index (Phi) is 3.93. The number of halogens is 1. The minimum atomic E-state index is -0.946. The maximum absolute atomic E-state index is 13.9. The zero-order chi connectivity index (χ0) is 18.1. The number of hydrogen-bond acceptors (Lipinski definition) is 3. The van der Waals surface area contributed by atoms with Crippen molar-refractivity contribution in [2.75, 3.05) is 0 Å². The Morgan fingerprint density at radius 3 is 2.46 bits per heavy atom. The topological polar surface area (TPSA) is 68.0 Å². The summed E-state index contributed by atoms with van der Waals surface area (Å²) in [6.07, 6.45) is 3.71. The molecule has 0 fully saturated rings. The van der Waals surface area contributed by atoms with Crippen LogP contribution in [0.25, 0.3) is 22.8 Å². The van der Waals surface area contributed by atoms with Crippen LogP contribution in [-0.4, -0.2) is 25.6 Å². The van der Waals surface area contributed by atoms with Crippen molar-refractivity contribution in [3.63, 3.8) is 0 Å². The van der Waals surface area contributed by atoms with Gasteiger partial charge in [-0.05, 0) is 35.9 Å². The lowest BCUT2D eigenvalue weighted by Crippen LogP contribution is -2.02. The van der Waals surface area contributed by atoms with Gasteiger partial charge in [0.15, 0.2) is 5.82 Å². The summed E-state index contributed by atoms with van der Waals surface area (Å²) >= 11 is 0. The summed E-state index contributed by atoms with van der Waals surface area (Å²) in [6.45, 7) is 0.567. The summed E-state index contributed by atoms with van der Waals surface area (Å²) in [7, 11) is 0. The van der Waals surface area contributed by atoms with Crippen LogP contribution in [0.1, 0.15) is 15.9 Å². The van der Waals surface area contributed by atoms with E-state index in [0.29, 0.717) is 29.3 Å². The third-order valence-electron chi connectivity index (χ3n) is 4.11. The predicted molar refractivity (Wildman–Crippen MR) is 94.5 cm³/mol. The second kappa shape index (κ2) is 6.40. The molecule has 0 aromatic heterocycles. The molecule has 0 bridgehead atoms. The largest absolute Gasteiger partial charge is 0.478 e. The van der Waals surface area contributed by atoms with Crippen molar-refractivity contribution in [2.45, 2.75) is 6.54 Å². The fourth-order valence-corrected chi connectivity index (χ4v) is 2.78. The first-order valence-electron chi connectivity index (χ1n) is 8.01. The molecule has 128 valence electrons. The molecule has 0 aliphatic carbocycles. The van der Waals surface area contributed by atoms with Crippen LogP contribution >= 0.6 is 0 Å². The summed E-state index contributed by atoms with van der Waals surface area (Å²) in [5, 5.41) is 8.95. The standard InChI is InChI=1S/C20H14FN3O2/c21-16-4-2-1-3-15(16)19-22-17-9-10-24(12-18(17)23-19)11-13-5-7-14(8-6-13)20(25)26/h1-10,12H,11H2,(H,25,26). The Morgan fingerprint density at radius 1 is 1.00 bits per heavy atom. The maximum atomic E-state index is 13.9. The first-order valence-corrected chi connectivity index (χ1v) is 8.01. The zero-order valence-electron chi connectivity index (χ0n) is 13.6. The number of imidazole rings is 1. The first-order chi connectivity index (χ1) is 12.6. The lowest BCUT2D eigenvalue weighted by molar-refractivity contribution is 0.0697. The highest BCUT2D eigenvalue weighted by molar-refractivity contribution is 5.87. The van der Waals surface area contributed by atoms with Crippen LogP contribution in [0.4, 0.5) is 4.39 Å². The van der Waals surface area contributed by atoms with E-state index < -0.39 is 5.97 Å². The highest BCUT2D eigenvalue weighted by atomic mass is 19.1. The monoisotopic (exact) mass is 347 g/mol. The molecule has 2 aromatic rings. The van der Waals surface area contributed by atoms with E-state index in [2.05, 4.69) is 9.97 Å². The molecule has 2 aromatic carbocycles. The molecule has 6 heteroatoms. The van der Waals surface area contributed by atoms with Crippen LogP contribution in [0.15, 0.2) is 67.0 Å². The van der Waals surface area contributed by atoms with Crippen LogP contribution in [0, 0.1) is 5.82 Å². The Hall–Kier alpha value is -3.54. The van der Waals surface area contributed by atoms with Gasteiger partial charge in [-0.15, -0.1) is 0 Å². The Labute approximate surface area is 148 Å². The Morgan fingerprint density at radius 2 is 1.73 bits per heavy atom. The zero-order valence-corrected chi connectivity index (χ0v) is 13.6. The summed E-state index contributed by atoms with van der Waals surface area (Å²) in [5.74, 6) is -0.936. The van der Waals surface area contributed by atoms with Gasteiger partial charge < -0.3 is 9.67 Å². The third kappa shape index (κ3) is 3.04. The second-order valence-electron chi connectivity index (χ2n) is 5.92. The van der Waals surface area contributed by atoms with Gasteiger partial charge in [0, 0.05) is 18.9 Å². The Bertz CT molecular complexity index is 1060. The molecule has 2 aliphatic heterocycles. The number of benzene rings is 2. The van der Waals surface area contributed by atoms with Crippen molar-refractivity contribution >= 4 is 5.97 Å². The molecule has 0 saturated carbocycles. The van der Waals surface area contributed by atoms with E-state index in [4.69, 9.17) is 5.11 Å². The summed E-state index contributed by atoms with van der Waals surface area (Å²) < 4.78 is 15.9. The van der Waals surface area contributed by atoms with Gasteiger partial charge in [-0.2, -0.15) is 0 Å². The minimum absolute atomic E-state index is 0.255. The normalized spacial score (nSPS) is 11.0. The summed E-state index contributed by atoms with van der Waals surface area (Å²) in [5.41, 5.74) is 2.96.